The molecule has 0 radical (unpaired) electrons. The lowest BCUT2D eigenvalue weighted by Crippen LogP contribution is -2.37. The van der Waals surface area contributed by atoms with Crippen molar-refractivity contribution in [2.45, 2.75) is 12.5 Å². The second-order valence-electron chi connectivity index (χ2n) is 6.84. The summed E-state index contributed by atoms with van der Waals surface area (Å²) in [5.41, 5.74) is 2.06. The van der Waals surface area contributed by atoms with Gasteiger partial charge >= 0.3 is 0 Å². The van der Waals surface area contributed by atoms with E-state index in [4.69, 9.17) is 11.6 Å². The van der Waals surface area contributed by atoms with Crippen molar-refractivity contribution in [3.63, 3.8) is 0 Å². The number of para-hydroxylation sites is 1. The molecule has 0 aliphatic carbocycles. The third kappa shape index (κ3) is 4.15. The van der Waals surface area contributed by atoms with Crippen molar-refractivity contribution in [3.8, 4) is 0 Å². The highest BCUT2D eigenvalue weighted by Crippen LogP contribution is 2.36. The van der Waals surface area contributed by atoms with Gasteiger partial charge in [0.15, 0.2) is 0 Å². The van der Waals surface area contributed by atoms with Crippen molar-refractivity contribution < 1.29 is 14.4 Å². The minimum Gasteiger partial charge on any atom is -0.368 e. The average molecular weight is 432 g/mol. The van der Waals surface area contributed by atoms with Gasteiger partial charge < -0.3 is 10.2 Å². The van der Waals surface area contributed by atoms with Gasteiger partial charge in [-0.25, -0.2) is 0 Å². The fourth-order valence-electron chi connectivity index (χ4n) is 3.43. The number of anilines is 1. The zero-order valence-electron chi connectivity index (χ0n) is 15.5. The molecule has 2 aliphatic rings. The Balaban J connectivity index is 1.52. The molecule has 0 spiro atoms. The van der Waals surface area contributed by atoms with E-state index in [1.165, 1.54) is 6.20 Å². The third-order valence-electron chi connectivity index (χ3n) is 4.75. The van der Waals surface area contributed by atoms with Gasteiger partial charge in [-0.05, 0) is 30.3 Å². The molecule has 0 saturated carbocycles. The van der Waals surface area contributed by atoms with E-state index in [0.29, 0.717) is 28.6 Å². The highest BCUT2D eigenvalue weighted by molar-refractivity contribution is 8.18. The van der Waals surface area contributed by atoms with E-state index >= 15 is 0 Å². The first kappa shape index (κ1) is 19.5. The number of aromatic nitrogens is 2. The van der Waals surface area contributed by atoms with Gasteiger partial charge in [-0.2, -0.15) is 5.10 Å². The van der Waals surface area contributed by atoms with Gasteiger partial charge in [0.25, 0.3) is 17.1 Å². The molecule has 4 rings (SSSR count). The van der Waals surface area contributed by atoms with E-state index < -0.39 is 5.91 Å². The molecule has 1 atom stereocenters. The Morgan fingerprint density at radius 1 is 1.41 bits per heavy atom. The Kier molecular flexibility index (Phi) is 5.33. The highest BCUT2D eigenvalue weighted by atomic mass is 35.5. The van der Waals surface area contributed by atoms with Crippen LogP contribution in [0, 0.1) is 0 Å². The minimum absolute atomic E-state index is 0.0368. The number of rotatable bonds is 4. The van der Waals surface area contributed by atoms with Crippen molar-refractivity contribution in [3.05, 3.63) is 51.6 Å². The van der Waals surface area contributed by atoms with Crippen LogP contribution in [-0.2, 0) is 11.8 Å². The van der Waals surface area contributed by atoms with E-state index in [1.54, 1.807) is 36.1 Å². The van der Waals surface area contributed by atoms with Crippen LogP contribution in [0.25, 0.3) is 6.08 Å². The van der Waals surface area contributed by atoms with Crippen LogP contribution in [0.1, 0.15) is 22.3 Å². The number of amides is 3. The summed E-state index contributed by atoms with van der Waals surface area (Å²) in [6.45, 7) is 1.29. The van der Waals surface area contributed by atoms with Crippen LogP contribution < -0.4 is 15.5 Å². The van der Waals surface area contributed by atoms with Crippen molar-refractivity contribution in [2.75, 3.05) is 18.0 Å². The number of thioether (sulfide) groups is 1. The molecule has 8 nitrogen and oxygen atoms in total. The van der Waals surface area contributed by atoms with Crippen molar-refractivity contribution in [1.29, 1.82) is 0 Å². The molecule has 1 aromatic carbocycles. The van der Waals surface area contributed by atoms with Gasteiger partial charge in [0.1, 0.15) is 0 Å². The molecule has 29 heavy (non-hydrogen) atoms. The van der Waals surface area contributed by atoms with Crippen LogP contribution in [0.3, 0.4) is 0 Å². The van der Waals surface area contributed by atoms with Gasteiger partial charge in [-0.15, -0.1) is 0 Å². The molecule has 2 fully saturated rings. The Morgan fingerprint density at radius 2 is 2.24 bits per heavy atom. The lowest BCUT2D eigenvalue weighted by atomic mass is 10.1. The summed E-state index contributed by atoms with van der Waals surface area (Å²) >= 11 is 7.34. The van der Waals surface area contributed by atoms with E-state index in [1.807, 2.05) is 6.07 Å². The summed E-state index contributed by atoms with van der Waals surface area (Å²) in [4.78, 5) is 38.1. The first-order valence-electron chi connectivity index (χ1n) is 8.98. The average Bonchev–Trinajstić information content (AvgIpc) is 3.37. The van der Waals surface area contributed by atoms with Crippen LogP contribution in [0.15, 0.2) is 35.5 Å². The lowest BCUT2D eigenvalue weighted by molar-refractivity contribution is -0.115. The monoisotopic (exact) mass is 431 g/mol. The molecule has 2 aromatic rings. The van der Waals surface area contributed by atoms with Crippen LogP contribution in [0.2, 0.25) is 5.02 Å². The molecule has 2 saturated heterocycles. The van der Waals surface area contributed by atoms with Crippen LogP contribution in [0.4, 0.5) is 10.5 Å². The highest BCUT2D eigenvalue weighted by Gasteiger charge is 2.29. The molecule has 150 valence electrons. The predicted molar refractivity (Wildman–Crippen MR) is 112 cm³/mol. The van der Waals surface area contributed by atoms with Gasteiger partial charge in [-0.1, -0.05) is 23.7 Å². The number of nitrogens with one attached hydrogen (secondary N) is 2. The van der Waals surface area contributed by atoms with Crippen molar-refractivity contribution >= 4 is 52.2 Å². The maximum absolute atomic E-state index is 12.4. The maximum Gasteiger partial charge on any atom is 0.290 e. The number of nitrogens with zero attached hydrogens (tertiary/aromatic N) is 3. The summed E-state index contributed by atoms with van der Waals surface area (Å²) in [6.07, 6.45) is 5.65. The number of halogens is 1. The summed E-state index contributed by atoms with van der Waals surface area (Å²) in [5.74, 6) is -0.571. The third-order valence-corrected chi connectivity index (χ3v) is 5.87. The Bertz CT molecular complexity index is 1030. The van der Waals surface area contributed by atoms with Gasteiger partial charge in [0.2, 0.25) is 0 Å². The van der Waals surface area contributed by atoms with Crippen LogP contribution in [-0.4, -0.2) is 46.0 Å². The number of hydrogen-bond donors (Lipinski definition) is 2. The smallest absolute Gasteiger partial charge is 0.290 e. The predicted octanol–water partition coefficient (Wildman–Crippen LogP) is 2.41. The topological polar surface area (TPSA) is 96.3 Å². The summed E-state index contributed by atoms with van der Waals surface area (Å²) < 4.78 is 1.58. The fraction of sp³-hybridized carbons (Fsp3) is 0.263. The molecule has 0 unspecified atom stereocenters. The lowest BCUT2D eigenvalue weighted by Gasteiger charge is -2.22. The van der Waals surface area contributed by atoms with Gasteiger partial charge in [0.05, 0.1) is 27.4 Å². The number of aryl methyl sites for hydroxylation is 1. The molecule has 3 heterocycles. The van der Waals surface area contributed by atoms with Gasteiger partial charge in [-0.3, -0.25) is 24.4 Å². The maximum atomic E-state index is 12.4. The molecule has 3 amide bonds. The quantitative estimate of drug-likeness (QED) is 0.721. The summed E-state index contributed by atoms with van der Waals surface area (Å²) in [7, 11) is 1.76. The second kappa shape index (κ2) is 7.92. The van der Waals surface area contributed by atoms with Crippen molar-refractivity contribution in [1.82, 2.24) is 20.4 Å². The molecule has 1 aromatic heterocycles. The van der Waals surface area contributed by atoms with E-state index in [9.17, 15) is 14.4 Å². The summed E-state index contributed by atoms with van der Waals surface area (Å²) in [6, 6.07) is 5.40. The van der Waals surface area contributed by atoms with Gasteiger partial charge in [0, 0.05) is 37.9 Å². The standard InChI is InChI=1S/C19H18ClN5O3S/c1-24-9-12(8-21-24)17(26)22-13-5-6-25(10-13)16-11(3-2-4-14(16)20)7-15-18(27)23-19(28)29-15/h2-4,7-9,13H,5-6,10H2,1H3,(H,22,26)(H,23,27,28)/t13-/m0/s1. The molecule has 2 N–H and O–H groups in total. The second-order valence-corrected chi connectivity index (χ2v) is 8.26. The molecule has 0 bridgehead atoms. The Labute approximate surface area is 176 Å². The largest absolute Gasteiger partial charge is 0.368 e. The van der Waals surface area contributed by atoms with Crippen molar-refractivity contribution in [2.24, 2.45) is 7.05 Å². The molecule has 2 aliphatic heterocycles. The SMILES string of the molecule is Cn1cc(C(=O)N[C@H]2CCN(c3c(Cl)cccc3C=C3SC(=O)NC3=O)C2)cn1. The van der Waals surface area contributed by atoms with E-state index in [-0.39, 0.29) is 17.2 Å². The first-order chi connectivity index (χ1) is 13.9. The fourth-order valence-corrected chi connectivity index (χ4v) is 4.41. The minimum atomic E-state index is -0.408. The molecular formula is C19H18ClN5O3S. The van der Waals surface area contributed by atoms with Crippen LogP contribution >= 0.6 is 23.4 Å². The number of hydrogen-bond acceptors (Lipinski definition) is 6. The zero-order chi connectivity index (χ0) is 20.5. The normalized spacial score (nSPS) is 20.4. The molecule has 10 heteroatoms. The number of carbonyl (C=O) groups excluding carboxylic acids is 3. The number of benzene rings is 1. The first-order valence-corrected chi connectivity index (χ1v) is 10.2. The summed E-state index contributed by atoms with van der Waals surface area (Å²) in [5, 5.41) is 9.47. The Hall–Kier alpha value is -2.78. The van der Waals surface area contributed by atoms with E-state index in [2.05, 4.69) is 20.6 Å². The number of carbonyl (C=O) groups is 3. The van der Waals surface area contributed by atoms with E-state index in [0.717, 1.165) is 29.4 Å². The van der Waals surface area contributed by atoms with Crippen LogP contribution in [0.5, 0.6) is 0 Å². The zero-order valence-corrected chi connectivity index (χ0v) is 17.1. The number of imide groups is 1. The Morgan fingerprint density at radius 3 is 2.93 bits per heavy atom. The molecular weight excluding hydrogens is 414 g/mol.